The monoisotopic (exact) mass is 233 g/mol. The zero-order valence-electron chi connectivity index (χ0n) is 10.3. The number of amides is 1. The Morgan fingerprint density at radius 1 is 1.47 bits per heavy atom. The van der Waals surface area contributed by atoms with Crippen LogP contribution in [0.3, 0.4) is 0 Å². The molecule has 1 aliphatic rings. The van der Waals surface area contributed by atoms with E-state index in [1.165, 1.54) is 18.4 Å². The molecule has 1 fully saturated rings. The van der Waals surface area contributed by atoms with E-state index in [0.717, 1.165) is 25.3 Å². The molecule has 0 aromatic carbocycles. The average Bonchev–Trinajstić information content (AvgIpc) is 2.90. The summed E-state index contributed by atoms with van der Waals surface area (Å²) in [6.45, 7) is 2.21. The largest absolute Gasteiger partial charge is 0.359 e. The minimum Gasteiger partial charge on any atom is -0.359 e. The predicted molar refractivity (Wildman–Crippen MR) is 68.1 cm³/mol. The first-order valence-electron chi connectivity index (χ1n) is 6.20. The molecule has 1 saturated heterocycles. The van der Waals surface area contributed by atoms with Crippen LogP contribution in [0.4, 0.5) is 5.82 Å². The molecule has 1 aromatic rings. The molecule has 92 valence electrons. The molecular formula is C13H19N3O. The third-order valence-electron chi connectivity index (χ3n) is 3.16. The Bertz CT molecular complexity index is 386. The van der Waals surface area contributed by atoms with Crippen molar-refractivity contribution in [1.82, 2.24) is 10.3 Å². The first-order valence-corrected chi connectivity index (χ1v) is 6.20. The van der Waals surface area contributed by atoms with Gasteiger partial charge in [-0.2, -0.15) is 0 Å². The first kappa shape index (κ1) is 11.9. The Hall–Kier alpha value is -1.58. The van der Waals surface area contributed by atoms with Crippen LogP contribution < -0.4 is 10.2 Å². The number of nitrogens with zero attached hydrogens (tertiary/aromatic N) is 2. The van der Waals surface area contributed by atoms with E-state index in [1.54, 1.807) is 7.05 Å². The number of pyridine rings is 1. The van der Waals surface area contributed by atoms with Crippen molar-refractivity contribution >= 4 is 11.7 Å². The molecule has 0 unspecified atom stereocenters. The highest BCUT2D eigenvalue weighted by atomic mass is 16.1. The predicted octanol–water partition coefficient (Wildman–Crippen LogP) is 1.36. The molecule has 0 aliphatic carbocycles. The normalized spacial score (nSPS) is 15.0. The van der Waals surface area contributed by atoms with Crippen LogP contribution in [0.2, 0.25) is 0 Å². The maximum Gasteiger partial charge on any atom is 0.220 e. The molecule has 2 rings (SSSR count). The fourth-order valence-electron chi connectivity index (χ4n) is 2.12. The number of aromatic nitrogens is 1. The molecule has 0 saturated carbocycles. The van der Waals surface area contributed by atoms with Crippen molar-refractivity contribution in [2.24, 2.45) is 0 Å². The maximum atomic E-state index is 11.2. The molecule has 0 atom stereocenters. The second-order valence-electron chi connectivity index (χ2n) is 4.39. The van der Waals surface area contributed by atoms with Gasteiger partial charge in [-0.1, -0.05) is 0 Å². The Kier molecular flexibility index (Phi) is 3.96. The minimum absolute atomic E-state index is 0.0875. The molecular weight excluding hydrogens is 214 g/mol. The van der Waals surface area contributed by atoms with Crippen molar-refractivity contribution in [1.29, 1.82) is 0 Å². The van der Waals surface area contributed by atoms with E-state index in [1.807, 2.05) is 12.3 Å². The molecule has 17 heavy (non-hydrogen) atoms. The molecule has 1 aliphatic heterocycles. The zero-order chi connectivity index (χ0) is 12.1. The van der Waals surface area contributed by atoms with Crippen LogP contribution in [-0.2, 0) is 11.2 Å². The van der Waals surface area contributed by atoms with E-state index < -0.39 is 0 Å². The first-order chi connectivity index (χ1) is 8.29. The van der Waals surface area contributed by atoms with Crippen LogP contribution in [0.5, 0.6) is 0 Å². The quantitative estimate of drug-likeness (QED) is 0.854. The van der Waals surface area contributed by atoms with Crippen molar-refractivity contribution in [3.63, 3.8) is 0 Å². The number of carbonyl (C=O) groups excluding carboxylic acids is 1. The van der Waals surface area contributed by atoms with Gasteiger partial charge in [0.25, 0.3) is 0 Å². The second-order valence-corrected chi connectivity index (χ2v) is 4.39. The van der Waals surface area contributed by atoms with E-state index in [9.17, 15) is 4.79 Å². The van der Waals surface area contributed by atoms with Gasteiger partial charge in [0.1, 0.15) is 5.82 Å². The molecule has 1 N–H and O–H groups in total. The topological polar surface area (TPSA) is 45.2 Å². The summed E-state index contributed by atoms with van der Waals surface area (Å²) in [6, 6.07) is 4.09. The van der Waals surface area contributed by atoms with Gasteiger partial charge in [-0.15, -0.1) is 0 Å². The number of carbonyl (C=O) groups is 1. The van der Waals surface area contributed by atoms with Crippen molar-refractivity contribution in [2.45, 2.75) is 25.7 Å². The van der Waals surface area contributed by atoms with E-state index in [4.69, 9.17) is 0 Å². The molecule has 1 amide bonds. The molecule has 0 bridgehead atoms. The average molecular weight is 233 g/mol. The smallest absolute Gasteiger partial charge is 0.220 e. The number of aryl methyl sites for hydroxylation is 1. The zero-order valence-corrected chi connectivity index (χ0v) is 10.3. The Balaban J connectivity index is 1.98. The Morgan fingerprint density at radius 3 is 2.94 bits per heavy atom. The highest BCUT2D eigenvalue weighted by molar-refractivity contribution is 5.75. The van der Waals surface area contributed by atoms with Crippen molar-refractivity contribution in [3.05, 3.63) is 23.9 Å². The van der Waals surface area contributed by atoms with Crippen molar-refractivity contribution in [3.8, 4) is 0 Å². The van der Waals surface area contributed by atoms with E-state index in [-0.39, 0.29) is 5.91 Å². The molecule has 4 nitrogen and oxygen atoms in total. The molecule has 2 heterocycles. The number of rotatable bonds is 4. The van der Waals surface area contributed by atoms with Gasteiger partial charge in [-0.05, 0) is 37.0 Å². The van der Waals surface area contributed by atoms with Gasteiger partial charge in [0.05, 0.1) is 0 Å². The Morgan fingerprint density at radius 2 is 2.24 bits per heavy atom. The van der Waals surface area contributed by atoms with E-state index >= 15 is 0 Å². The molecule has 0 radical (unpaired) electrons. The van der Waals surface area contributed by atoms with Gasteiger partial charge < -0.3 is 10.2 Å². The standard InChI is InChI=1S/C13H19N3O/c1-14-13(17)5-4-11-6-7-15-12(10-11)16-8-2-3-9-16/h6-7,10H,2-5,8-9H2,1H3,(H,14,17). The van der Waals surface area contributed by atoms with Gasteiger partial charge in [0.15, 0.2) is 0 Å². The maximum absolute atomic E-state index is 11.2. The number of anilines is 1. The van der Waals surface area contributed by atoms with Gasteiger partial charge in [0, 0.05) is 32.8 Å². The summed E-state index contributed by atoms with van der Waals surface area (Å²) in [7, 11) is 1.67. The molecule has 1 aromatic heterocycles. The van der Waals surface area contributed by atoms with Crippen LogP contribution in [0.25, 0.3) is 0 Å². The number of nitrogens with one attached hydrogen (secondary N) is 1. The lowest BCUT2D eigenvalue weighted by atomic mass is 10.1. The molecule has 0 spiro atoms. The van der Waals surface area contributed by atoms with Gasteiger partial charge in [0.2, 0.25) is 5.91 Å². The number of hydrogen-bond acceptors (Lipinski definition) is 3. The number of hydrogen-bond donors (Lipinski definition) is 1. The summed E-state index contributed by atoms with van der Waals surface area (Å²) in [5.74, 6) is 1.14. The third kappa shape index (κ3) is 3.19. The Labute approximate surface area is 102 Å². The summed E-state index contributed by atoms with van der Waals surface area (Å²) < 4.78 is 0. The lowest BCUT2D eigenvalue weighted by Gasteiger charge is -2.16. The summed E-state index contributed by atoms with van der Waals surface area (Å²) >= 11 is 0. The van der Waals surface area contributed by atoms with E-state index in [2.05, 4.69) is 21.3 Å². The van der Waals surface area contributed by atoms with Crippen LogP contribution in [0.15, 0.2) is 18.3 Å². The van der Waals surface area contributed by atoms with Gasteiger partial charge in [-0.3, -0.25) is 4.79 Å². The molecule has 4 heteroatoms. The third-order valence-corrected chi connectivity index (χ3v) is 3.16. The minimum atomic E-state index is 0.0875. The van der Waals surface area contributed by atoms with Crippen LogP contribution in [0, 0.1) is 0 Å². The van der Waals surface area contributed by atoms with Gasteiger partial charge >= 0.3 is 0 Å². The summed E-state index contributed by atoms with van der Waals surface area (Å²) in [5, 5.41) is 2.64. The van der Waals surface area contributed by atoms with Crippen LogP contribution >= 0.6 is 0 Å². The lowest BCUT2D eigenvalue weighted by molar-refractivity contribution is -0.120. The van der Waals surface area contributed by atoms with Gasteiger partial charge in [-0.25, -0.2) is 4.98 Å². The summed E-state index contributed by atoms with van der Waals surface area (Å²) in [6.07, 6.45) is 5.67. The lowest BCUT2D eigenvalue weighted by Crippen LogP contribution is -2.19. The van der Waals surface area contributed by atoms with E-state index in [0.29, 0.717) is 6.42 Å². The summed E-state index contributed by atoms with van der Waals surface area (Å²) in [4.78, 5) is 17.9. The highest BCUT2D eigenvalue weighted by Gasteiger charge is 2.13. The van der Waals surface area contributed by atoms with Crippen LogP contribution in [0.1, 0.15) is 24.8 Å². The van der Waals surface area contributed by atoms with Crippen molar-refractivity contribution < 1.29 is 4.79 Å². The highest BCUT2D eigenvalue weighted by Crippen LogP contribution is 2.18. The SMILES string of the molecule is CNC(=O)CCc1ccnc(N2CCCC2)c1. The second kappa shape index (κ2) is 5.66. The van der Waals surface area contributed by atoms with Crippen molar-refractivity contribution in [2.75, 3.05) is 25.0 Å². The fourth-order valence-corrected chi connectivity index (χ4v) is 2.12. The fraction of sp³-hybridized carbons (Fsp3) is 0.538. The van der Waals surface area contributed by atoms with Crippen LogP contribution in [-0.4, -0.2) is 31.0 Å². The summed E-state index contributed by atoms with van der Waals surface area (Å²) in [5.41, 5.74) is 1.19.